The Hall–Kier alpha value is -1.45. The zero-order valence-corrected chi connectivity index (χ0v) is 23.2. The average molecular weight is 532 g/mol. The van der Waals surface area contributed by atoms with Crippen LogP contribution in [0.5, 0.6) is 0 Å². The lowest BCUT2D eigenvalue weighted by Gasteiger charge is -2.40. The maximum absolute atomic E-state index is 13.0. The largest absolute Gasteiger partial charge is 0.480 e. The quantitative estimate of drug-likeness (QED) is 0.388. The van der Waals surface area contributed by atoms with Crippen molar-refractivity contribution in [2.75, 3.05) is 26.2 Å². The maximum Gasteiger partial charge on any atom is 0.457 e. The van der Waals surface area contributed by atoms with Gasteiger partial charge in [-0.3, -0.25) is 4.79 Å². The first-order valence-electron chi connectivity index (χ1n) is 12.4. The number of carbonyl (C=O) groups excluding carboxylic acids is 1. The lowest BCUT2D eigenvalue weighted by Crippen LogP contribution is -2.63. The van der Waals surface area contributed by atoms with Crippen LogP contribution in [0.4, 0.5) is 4.79 Å². The zero-order chi connectivity index (χ0) is 27.3. The van der Waals surface area contributed by atoms with E-state index in [-0.39, 0.29) is 26.2 Å². The van der Waals surface area contributed by atoms with E-state index in [1.54, 1.807) is 20.8 Å². The van der Waals surface area contributed by atoms with Crippen LogP contribution in [0, 0.1) is 5.92 Å². The van der Waals surface area contributed by atoms with Crippen molar-refractivity contribution < 1.29 is 37.2 Å². The Bertz CT molecular complexity index is 948. The third-order valence-corrected chi connectivity index (χ3v) is 9.06. The molecule has 0 spiro atoms. The second kappa shape index (κ2) is 9.70. The van der Waals surface area contributed by atoms with Gasteiger partial charge >= 0.3 is 19.2 Å². The van der Waals surface area contributed by atoms with Crippen molar-refractivity contribution in [1.29, 1.82) is 0 Å². The van der Waals surface area contributed by atoms with E-state index >= 15 is 0 Å². The summed E-state index contributed by atoms with van der Waals surface area (Å²) >= 11 is 0. The molecule has 1 amide bonds. The van der Waals surface area contributed by atoms with Crippen molar-refractivity contribution in [1.82, 2.24) is 13.9 Å². The van der Waals surface area contributed by atoms with Gasteiger partial charge in [-0.25, -0.2) is 4.79 Å². The predicted octanol–water partition coefficient (Wildman–Crippen LogP) is 1.03. The summed E-state index contributed by atoms with van der Waals surface area (Å²) < 4.78 is 47.0. The summed E-state index contributed by atoms with van der Waals surface area (Å²) in [6.07, 6.45) is 1.03. The van der Waals surface area contributed by atoms with Gasteiger partial charge in [0.2, 0.25) is 0 Å². The number of carboxylic acids is 1. The number of amides is 1. The molecule has 2 atom stereocenters. The van der Waals surface area contributed by atoms with E-state index < -0.39 is 63.7 Å². The molecule has 0 bridgehead atoms. The molecule has 206 valence electrons. The molecule has 0 radical (unpaired) electrons. The number of hydrogen-bond donors (Lipinski definition) is 3. The Balaban J connectivity index is 1.54. The summed E-state index contributed by atoms with van der Waals surface area (Å²) in [5.74, 6) is -1.81. The van der Waals surface area contributed by atoms with Crippen LogP contribution in [0.15, 0.2) is 0 Å². The van der Waals surface area contributed by atoms with Crippen LogP contribution in [0.2, 0.25) is 6.32 Å². The van der Waals surface area contributed by atoms with Gasteiger partial charge in [-0.1, -0.05) is 6.42 Å². The van der Waals surface area contributed by atoms with Gasteiger partial charge in [0.1, 0.15) is 11.1 Å². The molecule has 3 rings (SSSR count). The van der Waals surface area contributed by atoms with Crippen molar-refractivity contribution in [3.8, 4) is 0 Å². The Labute approximate surface area is 214 Å². The smallest absolute Gasteiger partial charge is 0.457 e. The number of hydrogen-bond acceptors (Lipinski definition) is 8. The Morgan fingerprint density at radius 2 is 1.69 bits per heavy atom. The minimum Gasteiger partial charge on any atom is -0.480 e. The first kappa shape index (κ1) is 29.1. The van der Waals surface area contributed by atoms with Gasteiger partial charge in [0.15, 0.2) is 0 Å². The second-order valence-electron chi connectivity index (χ2n) is 12.2. The number of carboxylic acid groups (broad SMARTS) is 1. The number of aliphatic carboxylic acids is 1. The van der Waals surface area contributed by atoms with Crippen molar-refractivity contribution in [2.24, 2.45) is 11.7 Å². The van der Waals surface area contributed by atoms with Crippen LogP contribution >= 0.6 is 0 Å². The van der Waals surface area contributed by atoms with Gasteiger partial charge in [-0.15, -0.1) is 0 Å². The van der Waals surface area contributed by atoms with Gasteiger partial charge in [0.05, 0.1) is 17.2 Å². The van der Waals surface area contributed by atoms with Crippen molar-refractivity contribution in [3.05, 3.63) is 0 Å². The molecule has 0 aromatic heterocycles. The highest BCUT2D eigenvalue weighted by atomic mass is 32.2. The maximum atomic E-state index is 13.0. The summed E-state index contributed by atoms with van der Waals surface area (Å²) in [5.41, 5.74) is 2.99. The average Bonchev–Trinajstić information content (AvgIpc) is 3.10. The summed E-state index contributed by atoms with van der Waals surface area (Å²) in [4.78, 5) is 25.5. The number of nitrogens with two attached hydrogens (primary N) is 1. The van der Waals surface area contributed by atoms with Gasteiger partial charge in [-0.05, 0) is 61.2 Å². The molecule has 3 aliphatic heterocycles. The van der Waals surface area contributed by atoms with Crippen LogP contribution in [-0.2, 0) is 29.0 Å². The minimum atomic E-state index is -4.00. The molecule has 4 N–H and O–H groups in total. The topological polar surface area (TPSA) is 161 Å². The molecule has 3 saturated heterocycles. The summed E-state index contributed by atoms with van der Waals surface area (Å²) in [6.45, 7) is 13.1. The van der Waals surface area contributed by atoms with Gasteiger partial charge in [-0.2, -0.15) is 17.4 Å². The number of rotatable bonds is 8. The van der Waals surface area contributed by atoms with Gasteiger partial charge < -0.3 is 29.8 Å². The van der Waals surface area contributed by atoms with Crippen LogP contribution in [0.1, 0.15) is 61.3 Å². The molecule has 0 saturated carbocycles. The standard InChI is InChI=1S/C22H41BN4O8S/c1-19(2,3)33-18(30)26-12-16(13-26)25-36(31,32)27-11-15(22(24,14-27)17(28)29)9-8-10-23-34-20(4,5)21(6,7)35-23/h15-16,25H,8-14,24H2,1-7H3,(H,28,29)/t15-,22-/m0/s1. The van der Waals surface area contributed by atoms with Crippen LogP contribution in [0.25, 0.3) is 0 Å². The van der Waals surface area contributed by atoms with Crippen molar-refractivity contribution >= 4 is 29.4 Å². The van der Waals surface area contributed by atoms with E-state index in [9.17, 15) is 23.1 Å². The highest BCUT2D eigenvalue weighted by molar-refractivity contribution is 7.87. The predicted molar refractivity (Wildman–Crippen MR) is 133 cm³/mol. The third kappa shape index (κ3) is 6.16. The molecule has 3 fully saturated rings. The van der Waals surface area contributed by atoms with Crippen LogP contribution in [-0.4, -0.2) is 96.5 Å². The zero-order valence-electron chi connectivity index (χ0n) is 22.4. The van der Waals surface area contributed by atoms with Gasteiger partial charge in [0, 0.05) is 32.1 Å². The van der Waals surface area contributed by atoms with Crippen LogP contribution < -0.4 is 10.5 Å². The molecule has 12 nitrogen and oxygen atoms in total. The fourth-order valence-electron chi connectivity index (χ4n) is 4.60. The summed E-state index contributed by atoms with van der Waals surface area (Å²) in [7, 11) is -4.42. The molecular weight excluding hydrogens is 491 g/mol. The number of likely N-dealkylation sites (tertiary alicyclic amines) is 1. The highest BCUT2D eigenvalue weighted by Crippen LogP contribution is 2.39. The van der Waals surface area contributed by atoms with E-state index in [0.717, 1.165) is 4.31 Å². The minimum absolute atomic E-state index is 0.00992. The Kier molecular flexibility index (Phi) is 7.84. The van der Waals surface area contributed by atoms with E-state index in [1.807, 2.05) is 27.7 Å². The van der Waals surface area contributed by atoms with Crippen molar-refractivity contribution in [3.63, 3.8) is 0 Å². The van der Waals surface area contributed by atoms with Crippen LogP contribution in [0.3, 0.4) is 0 Å². The van der Waals surface area contributed by atoms with E-state index in [2.05, 4.69) is 4.72 Å². The SMILES string of the molecule is CC(C)(C)OC(=O)N1CC(NS(=O)(=O)N2C[C@H](CCCB3OC(C)(C)C(C)(C)O3)[C@](N)(C(=O)O)C2)C1. The fraction of sp³-hybridized carbons (Fsp3) is 0.909. The molecule has 3 heterocycles. The molecule has 3 aliphatic rings. The van der Waals surface area contributed by atoms with E-state index in [0.29, 0.717) is 19.2 Å². The molecular formula is C22H41BN4O8S. The number of nitrogens with one attached hydrogen (secondary N) is 1. The monoisotopic (exact) mass is 532 g/mol. The normalized spacial score (nSPS) is 28.8. The molecule has 0 aromatic carbocycles. The first-order valence-corrected chi connectivity index (χ1v) is 13.8. The Morgan fingerprint density at radius 1 is 1.14 bits per heavy atom. The van der Waals surface area contributed by atoms with Gasteiger partial charge in [0.25, 0.3) is 10.2 Å². The molecule has 36 heavy (non-hydrogen) atoms. The third-order valence-electron chi connectivity index (χ3n) is 7.47. The highest BCUT2D eigenvalue weighted by Gasteiger charge is 2.54. The Morgan fingerprint density at radius 3 is 2.19 bits per heavy atom. The summed E-state index contributed by atoms with van der Waals surface area (Å²) in [6, 6.07) is -0.484. The number of nitrogens with zero attached hydrogens (tertiary/aromatic N) is 2. The number of ether oxygens (including phenoxy) is 1. The molecule has 14 heteroatoms. The lowest BCUT2D eigenvalue weighted by atomic mass is 9.78. The molecule has 0 aliphatic carbocycles. The van der Waals surface area contributed by atoms with Crippen molar-refractivity contribution in [2.45, 2.75) is 96.0 Å². The first-order chi connectivity index (χ1) is 16.3. The van der Waals surface area contributed by atoms with E-state index in [1.165, 1.54) is 4.90 Å². The second-order valence-corrected chi connectivity index (χ2v) is 13.9. The summed E-state index contributed by atoms with van der Waals surface area (Å²) in [5, 5.41) is 9.83. The number of carbonyl (C=O) groups is 2. The lowest BCUT2D eigenvalue weighted by molar-refractivity contribution is -0.144. The molecule has 0 unspecified atom stereocenters. The van der Waals surface area contributed by atoms with E-state index in [4.69, 9.17) is 19.8 Å². The molecule has 0 aromatic rings. The fourth-order valence-corrected chi connectivity index (χ4v) is 6.08.